The zero-order valence-corrected chi connectivity index (χ0v) is 13.9. The summed E-state index contributed by atoms with van der Waals surface area (Å²) >= 11 is 0. The number of hydrogen-bond donors (Lipinski definition) is 1. The van der Waals surface area contributed by atoms with Gasteiger partial charge in [0.15, 0.2) is 0 Å². The molecule has 1 aromatic carbocycles. The molecular formula is C20H24N2O. The SMILES string of the molecule is CC=C1CN2[C@H]3C[C@H]1C(CO)[C@@H]2Cc1c3n(C)c2ccccc12. The van der Waals surface area contributed by atoms with Gasteiger partial charge in [-0.1, -0.05) is 29.8 Å². The number of aryl methyl sites for hydroxylation is 1. The summed E-state index contributed by atoms with van der Waals surface area (Å²) in [5.41, 5.74) is 5.96. The van der Waals surface area contributed by atoms with E-state index in [1.807, 2.05) is 0 Å². The highest BCUT2D eigenvalue weighted by Gasteiger charge is 2.52. The summed E-state index contributed by atoms with van der Waals surface area (Å²) in [6.45, 7) is 3.56. The summed E-state index contributed by atoms with van der Waals surface area (Å²) in [5, 5.41) is 11.5. The number of piperidine rings is 3. The lowest BCUT2D eigenvalue weighted by atomic mass is 9.64. The molecule has 2 aromatic rings. The van der Waals surface area contributed by atoms with Crippen molar-refractivity contribution < 1.29 is 5.11 Å². The number of hydrogen-bond acceptors (Lipinski definition) is 2. The minimum Gasteiger partial charge on any atom is -0.396 e. The summed E-state index contributed by atoms with van der Waals surface area (Å²) in [4.78, 5) is 2.68. The van der Waals surface area contributed by atoms with Crippen molar-refractivity contribution in [2.24, 2.45) is 18.9 Å². The molecule has 6 rings (SSSR count). The van der Waals surface area contributed by atoms with Crippen LogP contribution in [-0.4, -0.2) is 33.8 Å². The minimum absolute atomic E-state index is 0.315. The van der Waals surface area contributed by atoms with Crippen LogP contribution in [0.25, 0.3) is 10.9 Å². The number of para-hydroxylation sites is 1. The fraction of sp³-hybridized carbons (Fsp3) is 0.500. The highest BCUT2D eigenvalue weighted by molar-refractivity contribution is 5.86. The van der Waals surface area contributed by atoms with Gasteiger partial charge in [-0.3, -0.25) is 4.90 Å². The third-order valence-electron chi connectivity index (χ3n) is 6.73. The van der Waals surface area contributed by atoms with Crippen LogP contribution < -0.4 is 0 Å². The van der Waals surface area contributed by atoms with Crippen LogP contribution in [0.5, 0.6) is 0 Å². The Morgan fingerprint density at radius 3 is 2.91 bits per heavy atom. The molecule has 1 aromatic heterocycles. The molecule has 3 saturated heterocycles. The van der Waals surface area contributed by atoms with Crippen molar-refractivity contribution in [1.82, 2.24) is 9.47 Å². The van der Waals surface area contributed by atoms with Crippen molar-refractivity contribution in [3.8, 4) is 0 Å². The van der Waals surface area contributed by atoms with Crippen molar-refractivity contribution in [1.29, 1.82) is 0 Å². The maximum Gasteiger partial charge on any atom is 0.0515 e. The number of fused-ring (bicyclic) bond motifs is 4. The van der Waals surface area contributed by atoms with Gasteiger partial charge in [-0.15, -0.1) is 0 Å². The average Bonchev–Trinajstić information content (AvgIpc) is 2.87. The topological polar surface area (TPSA) is 28.4 Å². The van der Waals surface area contributed by atoms with Gasteiger partial charge in [-0.25, -0.2) is 0 Å². The van der Waals surface area contributed by atoms with Gasteiger partial charge in [0.05, 0.1) is 6.04 Å². The molecule has 23 heavy (non-hydrogen) atoms. The molecule has 2 unspecified atom stereocenters. The maximum absolute atomic E-state index is 10.0. The molecule has 5 heterocycles. The van der Waals surface area contributed by atoms with Crippen molar-refractivity contribution in [2.75, 3.05) is 13.2 Å². The summed E-state index contributed by atoms with van der Waals surface area (Å²) < 4.78 is 2.43. The van der Waals surface area contributed by atoms with Gasteiger partial charge in [-0.2, -0.15) is 0 Å². The van der Waals surface area contributed by atoms with Crippen molar-refractivity contribution in [3.05, 3.63) is 47.2 Å². The molecule has 4 aliphatic rings. The Balaban J connectivity index is 1.72. The second kappa shape index (κ2) is 4.71. The second-order valence-corrected chi connectivity index (χ2v) is 7.45. The summed E-state index contributed by atoms with van der Waals surface area (Å²) in [6, 6.07) is 9.84. The lowest BCUT2D eigenvalue weighted by Gasteiger charge is -2.58. The standard InChI is InChI=1S/C20H24N2O/c1-3-12-10-22-18-9-15-13-6-4-5-7-17(13)21(2)20(15)19(22)8-14(12)16(18)11-23/h3-7,14,16,18-19,23H,8-11H2,1-2H3/t14-,16?,18+,19+/m1/s1. The molecule has 120 valence electrons. The van der Waals surface area contributed by atoms with Gasteiger partial charge in [0.2, 0.25) is 0 Å². The largest absolute Gasteiger partial charge is 0.396 e. The molecule has 0 radical (unpaired) electrons. The van der Waals surface area contributed by atoms with Crippen LogP contribution in [0.4, 0.5) is 0 Å². The van der Waals surface area contributed by atoms with Crippen LogP contribution in [0.1, 0.15) is 30.6 Å². The number of rotatable bonds is 1. The Morgan fingerprint density at radius 2 is 2.13 bits per heavy atom. The van der Waals surface area contributed by atoms with E-state index < -0.39 is 0 Å². The van der Waals surface area contributed by atoms with Crippen molar-refractivity contribution >= 4 is 10.9 Å². The Morgan fingerprint density at radius 1 is 1.30 bits per heavy atom. The monoisotopic (exact) mass is 308 g/mol. The molecule has 4 aliphatic heterocycles. The van der Waals surface area contributed by atoms with Crippen LogP contribution >= 0.6 is 0 Å². The Hall–Kier alpha value is -1.58. The fourth-order valence-electron chi connectivity index (χ4n) is 5.71. The Kier molecular flexibility index (Phi) is 2.83. The van der Waals surface area contributed by atoms with Crippen LogP contribution in [0.3, 0.4) is 0 Å². The Labute approximate surface area is 137 Å². The second-order valence-electron chi connectivity index (χ2n) is 7.45. The quantitative estimate of drug-likeness (QED) is 0.820. The van der Waals surface area contributed by atoms with E-state index in [2.05, 4.69) is 53.8 Å². The van der Waals surface area contributed by atoms with Crippen molar-refractivity contribution in [3.63, 3.8) is 0 Å². The van der Waals surface area contributed by atoms with E-state index in [1.165, 1.54) is 28.6 Å². The zero-order chi connectivity index (χ0) is 15.7. The number of aliphatic hydroxyl groups is 1. The van der Waals surface area contributed by atoms with E-state index in [4.69, 9.17) is 0 Å². The molecule has 3 fully saturated rings. The lowest BCUT2D eigenvalue weighted by Crippen LogP contribution is -2.61. The fourth-order valence-corrected chi connectivity index (χ4v) is 5.71. The van der Waals surface area contributed by atoms with E-state index in [0.29, 0.717) is 30.5 Å². The van der Waals surface area contributed by atoms with Crippen LogP contribution in [0.15, 0.2) is 35.9 Å². The zero-order valence-electron chi connectivity index (χ0n) is 13.9. The number of aliphatic hydroxyl groups excluding tert-OH is 1. The molecule has 5 atom stereocenters. The van der Waals surface area contributed by atoms with Crippen LogP contribution in [0.2, 0.25) is 0 Å². The van der Waals surface area contributed by atoms with Gasteiger partial charge in [-0.05, 0) is 37.3 Å². The third kappa shape index (κ3) is 1.62. The molecule has 0 aliphatic carbocycles. The Bertz CT molecular complexity index is 818. The first kappa shape index (κ1) is 13.8. The number of benzene rings is 1. The summed E-state index contributed by atoms with van der Waals surface area (Å²) in [6.07, 6.45) is 4.54. The predicted octanol–water partition coefficient (Wildman–Crippen LogP) is 3.03. The van der Waals surface area contributed by atoms with E-state index in [9.17, 15) is 5.11 Å². The van der Waals surface area contributed by atoms with Crippen LogP contribution in [0, 0.1) is 11.8 Å². The van der Waals surface area contributed by atoms with Crippen molar-refractivity contribution in [2.45, 2.75) is 31.8 Å². The average molecular weight is 308 g/mol. The molecule has 0 saturated carbocycles. The first-order chi connectivity index (χ1) is 11.2. The summed E-state index contributed by atoms with van der Waals surface area (Å²) in [5.74, 6) is 0.967. The molecule has 3 nitrogen and oxygen atoms in total. The predicted molar refractivity (Wildman–Crippen MR) is 92.3 cm³/mol. The summed E-state index contributed by atoms with van der Waals surface area (Å²) in [7, 11) is 2.23. The minimum atomic E-state index is 0.315. The lowest BCUT2D eigenvalue weighted by molar-refractivity contribution is -0.0513. The highest BCUT2D eigenvalue weighted by Crippen LogP contribution is 2.54. The number of aromatic nitrogens is 1. The van der Waals surface area contributed by atoms with E-state index in [1.54, 1.807) is 5.57 Å². The molecule has 0 amide bonds. The smallest absolute Gasteiger partial charge is 0.0515 e. The van der Waals surface area contributed by atoms with Crippen LogP contribution in [-0.2, 0) is 13.5 Å². The molecule has 1 N–H and O–H groups in total. The van der Waals surface area contributed by atoms with Gasteiger partial charge < -0.3 is 9.67 Å². The van der Waals surface area contributed by atoms with Gasteiger partial charge in [0, 0.05) is 48.8 Å². The van der Waals surface area contributed by atoms with Gasteiger partial charge in [0.25, 0.3) is 0 Å². The van der Waals surface area contributed by atoms with E-state index in [0.717, 1.165) is 13.0 Å². The maximum atomic E-state index is 10.0. The molecule has 3 heteroatoms. The number of nitrogens with zero attached hydrogens (tertiary/aromatic N) is 2. The van der Waals surface area contributed by atoms with E-state index in [-0.39, 0.29) is 0 Å². The third-order valence-corrected chi connectivity index (χ3v) is 6.73. The first-order valence-corrected chi connectivity index (χ1v) is 8.82. The molecule has 0 spiro atoms. The van der Waals surface area contributed by atoms with Gasteiger partial charge >= 0.3 is 0 Å². The van der Waals surface area contributed by atoms with Gasteiger partial charge in [0.1, 0.15) is 0 Å². The molecule has 4 bridgehead atoms. The van der Waals surface area contributed by atoms with E-state index >= 15 is 0 Å². The highest BCUT2D eigenvalue weighted by atomic mass is 16.3. The normalized spacial score (nSPS) is 36.7. The first-order valence-electron chi connectivity index (χ1n) is 8.82. The number of allylic oxidation sites excluding steroid dienone is 1. The molecular weight excluding hydrogens is 284 g/mol.